The number of likely N-dealkylation sites (tertiary alicyclic amines) is 1. The van der Waals surface area contributed by atoms with E-state index in [4.69, 9.17) is 4.98 Å². The highest BCUT2D eigenvalue weighted by Crippen LogP contribution is 2.26. The second-order valence-electron chi connectivity index (χ2n) is 7.30. The molecule has 4 rings (SSSR count). The largest absolute Gasteiger partial charge is 0.356 e. The average Bonchev–Trinajstić information content (AvgIpc) is 3.06. The first kappa shape index (κ1) is 19.2. The predicted molar refractivity (Wildman–Crippen MR) is 115 cm³/mol. The van der Waals surface area contributed by atoms with E-state index in [0.29, 0.717) is 6.54 Å². The molecule has 0 unspecified atom stereocenters. The van der Waals surface area contributed by atoms with E-state index in [0.717, 1.165) is 59.5 Å². The Morgan fingerprint density at radius 2 is 2.11 bits per heavy atom. The molecule has 146 valence electrons. The van der Waals surface area contributed by atoms with Crippen molar-refractivity contribution in [3.8, 4) is 5.69 Å². The molecule has 1 saturated heterocycles. The molecular formula is C22H25BrN4O. The van der Waals surface area contributed by atoms with E-state index < -0.39 is 0 Å². The molecule has 1 aliphatic heterocycles. The number of rotatable bonds is 5. The molecule has 6 heteroatoms. The molecule has 28 heavy (non-hydrogen) atoms. The van der Waals surface area contributed by atoms with Crippen LogP contribution in [0.25, 0.3) is 16.7 Å². The molecule has 1 aliphatic rings. The van der Waals surface area contributed by atoms with E-state index in [1.807, 2.05) is 31.2 Å². The zero-order valence-electron chi connectivity index (χ0n) is 16.1. The Labute approximate surface area is 173 Å². The summed E-state index contributed by atoms with van der Waals surface area (Å²) in [5.41, 5.74) is 3.19. The molecule has 0 aliphatic carbocycles. The monoisotopic (exact) mass is 440 g/mol. The van der Waals surface area contributed by atoms with Crippen molar-refractivity contribution in [3.05, 3.63) is 58.8 Å². The fourth-order valence-corrected chi connectivity index (χ4v) is 4.40. The number of hydrogen-bond donors (Lipinski definition) is 1. The van der Waals surface area contributed by atoms with Crippen LogP contribution < -0.4 is 5.32 Å². The quantitative estimate of drug-likeness (QED) is 0.648. The molecule has 1 fully saturated rings. The molecule has 1 N–H and O–H groups in total. The van der Waals surface area contributed by atoms with E-state index in [9.17, 15) is 4.79 Å². The minimum Gasteiger partial charge on any atom is -0.356 e. The summed E-state index contributed by atoms with van der Waals surface area (Å²) in [6.45, 7) is 5.18. The third-order valence-electron chi connectivity index (χ3n) is 5.29. The number of piperidine rings is 1. The minimum absolute atomic E-state index is 0.0670. The maximum absolute atomic E-state index is 12.3. The SMILES string of the molecule is CCNC(=O)[C@H]1CCCN(Cc2nc3ccccc3n2-c2cccc(Br)c2)C1. The first-order valence-corrected chi connectivity index (χ1v) is 10.7. The van der Waals surface area contributed by atoms with Gasteiger partial charge in [-0.05, 0) is 56.6 Å². The average molecular weight is 441 g/mol. The lowest BCUT2D eigenvalue weighted by Crippen LogP contribution is -2.42. The van der Waals surface area contributed by atoms with E-state index in [-0.39, 0.29) is 11.8 Å². The van der Waals surface area contributed by atoms with Gasteiger partial charge < -0.3 is 5.32 Å². The van der Waals surface area contributed by atoms with Crippen LogP contribution in [-0.2, 0) is 11.3 Å². The molecule has 0 spiro atoms. The number of aromatic nitrogens is 2. The fourth-order valence-electron chi connectivity index (χ4n) is 4.02. The summed E-state index contributed by atoms with van der Waals surface area (Å²) in [5, 5.41) is 2.97. The highest BCUT2D eigenvalue weighted by atomic mass is 79.9. The summed E-state index contributed by atoms with van der Waals surface area (Å²) in [5.74, 6) is 1.25. The number of benzene rings is 2. The molecule has 0 radical (unpaired) electrons. The summed E-state index contributed by atoms with van der Waals surface area (Å²) in [6.07, 6.45) is 2.00. The van der Waals surface area contributed by atoms with Crippen molar-refractivity contribution >= 4 is 32.9 Å². The normalized spacial score (nSPS) is 17.7. The van der Waals surface area contributed by atoms with Crippen molar-refractivity contribution in [2.24, 2.45) is 5.92 Å². The molecular weight excluding hydrogens is 416 g/mol. The van der Waals surface area contributed by atoms with Gasteiger partial charge in [0, 0.05) is 23.2 Å². The lowest BCUT2D eigenvalue weighted by molar-refractivity contribution is -0.126. The van der Waals surface area contributed by atoms with Crippen LogP contribution in [0.3, 0.4) is 0 Å². The first-order chi connectivity index (χ1) is 13.7. The van der Waals surface area contributed by atoms with E-state index in [2.05, 4.69) is 55.0 Å². The van der Waals surface area contributed by atoms with Crippen LogP contribution >= 0.6 is 15.9 Å². The highest BCUT2D eigenvalue weighted by molar-refractivity contribution is 9.10. The Bertz CT molecular complexity index is 984. The van der Waals surface area contributed by atoms with Gasteiger partial charge in [-0.25, -0.2) is 4.98 Å². The van der Waals surface area contributed by atoms with E-state index >= 15 is 0 Å². The summed E-state index contributed by atoms with van der Waals surface area (Å²) >= 11 is 3.58. The number of imidazole rings is 1. The van der Waals surface area contributed by atoms with E-state index in [1.54, 1.807) is 0 Å². The van der Waals surface area contributed by atoms with Gasteiger partial charge in [-0.3, -0.25) is 14.3 Å². The summed E-state index contributed by atoms with van der Waals surface area (Å²) in [4.78, 5) is 19.6. The van der Waals surface area contributed by atoms with Crippen LogP contribution in [0.5, 0.6) is 0 Å². The molecule has 0 bridgehead atoms. The second kappa shape index (κ2) is 8.45. The smallest absolute Gasteiger partial charge is 0.224 e. The van der Waals surface area contributed by atoms with Gasteiger partial charge in [0.1, 0.15) is 5.82 Å². The molecule has 5 nitrogen and oxygen atoms in total. The number of carbonyl (C=O) groups is 1. The fraction of sp³-hybridized carbons (Fsp3) is 0.364. The lowest BCUT2D eigenvalue weighted by Gasteiger charge is -2.31. The summed E-state index contributed by atoms with van der Waals surface area (Å²) < 4.78 is 3.28. The number of hydrogen-bond acceptors (Lipinski definition) is 3. The Morgan fingerprint density at radius 3 is 2.93 bits per heavy atom. The highest BCUT2D eigenvalue weighted by Gasteiger charge is 2.26. The van der Waals surface area contributed by atoms with Crippen LogP contribution in [0, 0.1) is 5.92 Å². The van der Waals surface area contributed by atoms with Gasteiger partial charge >= 0.3 is 0 Å². The van der Waals surface area contributed by atoms with Crippen molar-refractivity contribution in [2.45, 2.75) is 26.3 Å². The third-order valence-corrected chi connectivity index (χ3v) is 5.78. The maximum atomic E-state index is 12.3. The summed E-state index contributed by atoms with van der Waals surface area (Å²) in [6, 6.07) is 16.5. The first-order valence-electron chi connectivity index (χ1n) is 9.88. The number of para-hydroxylation sites is 2. The van der Waals surface area contributed by atoms with Gasteiger partial charge in [0.2, 0.25) is 5.91 Å². The van der Waals surface area contributed by atoms with Crippen LogP contribution in [0.4, 0.5) is 0 Å². The van der Waals surface area contributed by atoms with E-state index in [1.165, 1.54) is 0 Å². The number of amides is 1. The van der Waals surface area contributed by atoms with Crippen LogP contribution in [0.2, 0.25) is 0 Å². The minimum atomic E-state index is 0.0670. The Morgan fingerprint density at radius 1 is 1.25 bits per heavy atom. The van der Waals surface area contributed by atoms with Crippen molar-refractivity contribution in [1.29, 1.82) is 0 Å². The van der Waals surface area contributed by atoms with Gasteiger partial charge in [-0.2, -0.15) is 0 Å². The number of nitrogens with zero attached hydrogens (tertiary/aromatic N) is 3. The zero-order valence-corrected chi connectivity index (χ0v) is 17.7. The van der Waals surface area contributed by atoms with Gasteiger partial charge in [-0.15, -0.1) is 0 Å². The zero-order chi connectivity index (χ0) is 19.5. The molecule has 3 aromatic rings. The van der Waals surface area contributed by atoms with Crippen molar-refractivity contribution in [3.63, 3.8) is 0 Å². The Balaban J connectivity index is 1.65. The maximum Gasteiger partial charge on any atom is 0.224 e. The van der Waals surface area contributed by atoms with Crippen LogP contribution in [0.1, 0.15) is 25.6 Å². The number of carbonyl (C=O) groups excluding carboxylic acids is 1. The molecule has 2 aromatic carbocycles. The standard InChI is InChI=1S/C22H25BrN4O/c1-2-24-22(28)16-7-6-12-26(14-16)15-21-25-19-10-3-4-11-20(19)27(21)18-9-5-8-17(23)13-18/h3-5,8-11,13,16H,2,6-7,12,14-15H2,1H3,(H,24,28)/t16-/m0/s1. The summed E-state index contributed by atoms with van der Waals surface area (Å²) in [7, 11) is 0. The van der Waals surface area contributed by atoms with Crippen molar-refractivity contribution in [2.75, 3.05) is 19.6 Å². The van der Waals surface area contributed by atoms with Gasteiger partial charge in [0.25, 0.3) is 0 Å². The van der Waals surface area contributed by atoms with Gasteiger partial charge in [-0.1, -0.05) is 34.1 Å². The molecule has 1 amide bonds. The van der Waals surface area contributed by atoms with Crippen molar-refractivity contribution < 1.29 is 4.79 Å². The second-order valence-corrected chi connectivity index (χ2v) is 8.22. The predicted octanol–water partition coefficient (Wildman–Crippen LogP) is 4.14. The Kier molecular flexibility index (Phi) is 5.78. The Hall–Kier alpha value is -2.18. The number of halogens is 1. The molecule has 1 aromatic heterocycles. The van der Waals surface area contributed by atoms with Crippen LogP contribution in [0.15, 0.2) is 53.0 Å². The molecule has 1 atom stereocenters. The molecule has 2 heterocycles. The lowest BCUT2D eigenvalue weighted by atomic mass is 9.97. The third kappa shape index (κ3) is 3.98. The number of nitrogens with one attached hydrogen (secondary N) is 1. The van der Waals surface area contributed by atoms with Gasteiger partial charge in [0.15, 0.2) is 0 Å². The van der Waals surface area contributed by atoms with Crippen molar-refractivity contribution in [1.82, 2.24) is 19.8 Å². The van der Waals surface area contributed by atoms with Gasteiger partial charge in [0.05, 0.1) is 23.5 Å². The topological polar surface area (TPSA) is 50.2 Å². The molecule has 0 saturated carbocycles. The number of fused-ring (bicyclic) bond motifs is 1. The van der Waals surface area contributed by atoms with Crippen LogP contribution in [-0.4, -0.2) is 40.0 Å².